The Hall–Kier alpha value is -1.48. The summed E-state index contributed by atoms with van der Waals surface area (Å²) >= 11 is 6.00. The van der Waals surface area contributed by atoms with Crippen molar-refractivity contribution in [3.8, 4) is 0 Å². The van der Waals surface area contributed by atoms with Gasteiger partial charge in [-0.2, -0.15) is 0 Å². The first-order valence-corrected chi connectivity index (χ1v) is 6.00. The molecule has 1 aliphatic carbocycles. The van der Waals surface area contributed by atoms with Gasteiger partial charge in [-0.25, -0.2) is 4.79 Å². The molecule has 1 aliphatic heterocycles. The molecular formula is C13H12ClNO2. The quantitative estimate of drug-likeness (QED) is 0.753. The van der Waals surface area contributed by atoms with Crippen molar-refractivity contribution in [2.45, 2.75) is 18.4 Å². The number of aliphatic carboxylic acids is 1. The Balaban J connectivity index is 2.09. The van der Waals surface area contributed by atoms with E-state index in [4.69, 9.17) is 11.6 Å². The topological polar surface area (TPSA) is 49.3 Å². The van der Waals surface area contributed by atoms with Crippen molar-refractivity contribution in [1.29, 1.82) is 0 Å². The van der Waals surface area contributed by atoms with Crippen LogP contribution in [0.3, 0.4) is 0 Å². The second-order valence-corrected chi connectivity index (χ2v) is 4.98. The molecule has 0 saturated carbocycles. The van der Waals surface area contributed by atoms with E-state index in [1.165, 1.54) is 0 Å². The molecule has 1 aromatic rings. The van der Waals surface area contributed by atoms with Crippen molar-refractivity contribution in [1.82, 2.24) is 0 Å². The van der Waals surface area contributed by atoms with Crippen LogP contribution >= 0.6 is 11.6 Å². The van der Waals surface area contributed by atoms with Crippen LogP contribution in [0.5, 0.6) is 0 Å². The summed E-state index contributed by atoms with van der Waals surface area (Å²) in [6.45, 7) is 0. The van der Waals surface area contributed by atoms with Gasteiger partial charge in [0.1, 0.15) is 6.04 Å². The van der Waals surface area contributed by atoms with Crippen LogP contribution in [-0.4, -0.2) is 17.1 Å². The first-order valence-electron chi connectivity index (χ1n) is 5.62. The molecule has 0 unspecified atom stereocenters. The Morgan fingerprint density at radius 2 is 2.29 bits per heavy atom. The molecule has 0 bridgehead atoms. The molecule has 0 aromatic heterocycles. The van der Waals surface area contributed by atoms with Gasteiger partial charge in [-0.1, -0.05) is 23.8 Å². The second kappa shape index (κ2) is 3.77. The summed E-state index contributed by atoms with van der Waals surface area (Å²) in [5.74, 6) is -0.520. The molecule has 88 valence electrons. The smallest absolute Gasteiger partial charge is 0.326 e. The molecule has 0 saturated heterocycles. The minimum absolute atomic E-state index is 0.0958. The first kappa shape index (κ1) is 10.7. The van der Waals surface area contributed by atoms with Crippen molar-refractivity contribution in [3.05, 3.63) is 40.9 Å². The number of carboxylic acid groups (broad SMARTS) is 1. The van der Waals surface area contributed by atoms with Gasteiger partial charge in [0.2, 0.25) is 0 Å². The fourth-order valence-electron chi connectivity index (χ4n) is 2.81. The highest BCUT2D eigenvalue weighted by molar-refractivity contribution is 6.30. The maximum Gasteiger partial charge on any atom is 0.326 e. The van der Waals surface area contributed by atoms with Crippen LogP contribution in [0.2, 0.25) is 5.02 Å². The van der Waals surface area contributed by atoms with E-state index in [9.17, 15) is 9.90 Å². The van der Waals surface area contributed by atoms with Gasteiger partial charge in [0.15, 0.2) is 0 Å². The zero-order valence-electron chi connectivity index (χ0n) is 9.06. The normalized spacial score (nSPS) is 29.4. The Bertz CT molecular complexity index is 512. The number of hydrogen-bond acceptors (Lipinski definition) is 2. The lowest BCUT2D eigenvalue weighted by Crippen LogP contribution is -2.41. The minimum atomic E-state index is -0.788. The molecule has 0 spiro atoms. The average Bonchev–Trinajstić information content (AvgIpc) is 2.76. The average molecular weight is 250 g/mol. The van der Waals surface area contributed by atoms with Crippen LogP contribution in [0.1, 0.15) is 17.9 Å². The number of allylic oxidation sites excluding steroid dienone is 2. The number of fused-ring (bicyclic) bond motifs is 3. The summed E-state index contributed by atoms with van der Waals surface area (Å²) in [5, 5.41) is 13.0. The highest BCUT2D eigenvalue weighted by Gasteiger charge is 2.40. The molecule has 0 radical (unpaired) electrons. The van der Waals surface area contributed by atoms with Crippen molar-refractivity contribution in [2.75, 3.05) is 5.32 Å². The lowest BCUT2D eigenvalue weighted by atomic mass is 9.79. The van der Waals surface area contributed by atoms with Crippen LogP contribution in [0, 0.1) is 5.92 Å². The fraction of sp³-hybridized carbons (Fsp3) is 0.308. The second-order valence-electron chi connectivity index (χ2n) is 4.55. The van der Waals surface area contributed by atoms with Gasteiger partial charge in [0.25, 0.3) is 0 Å². The third kappa shape index (κ3) is 1.62. The van der Waals surface area contributed by atoms with Crippen molar-refractivity contribution in [2.24, 2.45) is 5.92 Å². The fourth-order valence-corrected chi connectivity index (χ4v) is 2.99. The molecule has 0 fully saturated rings. The lowest BCUT2D eigenvalue weighted by Gasteiger charge is -2.34. The highest BCUT2D eigenvalue weighted by atomic mass is 35.5. The highest BCUT2D eigenvalue weighted by Crippen LogP contribution is 2.45. The molecule has 4 heteroatoms. The summed E-state index contributed by atoms with van der Waals surface area (Å²) in [6.07, 6.45) is 4.96. The number of nitrogens with one attached hydrogen (secondary N) is 1. The Labute approximate surface area is 104 Å². The predicted octanol–water partition coefficient (Wildman–Crippen LogP) is 2.88. The third-order valence-electron chi connectivity index (χ3n) is 3.59. The molecule has 2 aliphatic rings. The largest absolute Gasteiger partial charge is 0.480 e. The first-order chi connectivity index (χ1) is 8.16. The van der Waals surface area contributed by atoms with E-state index in [0.29, 0.717) is 5.02 Å². The predicted molar refractivity (Wildman–Crippen MR) is 66.5 cm³/mol. The summed E-state index contributed by atoms with van der Waals surface area (Å²) in [7, 11) is 0. The van der Waals surface area contributed by atoms with Crippen LogP contribution in [0.25, 0.3) is 0 Å². The van der Waals surface area contributed by atoms with E-state index in [0.717, 1.165) is 17.7 Å². The maximum absolute atomic E-state index is 11.3. The monoisotopic (exact) mass is 249 g/mol. The van der Waals surface area contributed by atoms with Gasteiger partial charge in [-0.15, -0.1) is 0 Å². The van der Waals surface area contributed by atoms with Gasteiger partial charge in [0, 0.05) is 22.5 Å². The molecule has 0 amide bonds. The summed E-state index contributed by atoms with van der Waals surface area (Å²) in [5.41, 5.74) is 1.99. The van der Waals surface area contributed by atoms with Gasteiger partial charge < -0.3 is 10.4 Å². The number of carboxylic acids is 1. The molecule has 3 atom stereocenters. The molecule has 2 N–H and O–H groups in total. The number of carbonyl (C=O) groups is 1. The molecule has 17 heavy (non-hydrogen) atoms. The molecule has 1 aromatic carbocycles. The van der Waals surface area contributed by atoms with E-state index >= 15 is 0 Å². The van der Waals surface area contributed by atoms with E-state index in [1.807, 2.05) is 12.1 Å². The van der Waals surface area contributed by atoms with Gasteiger partial charge in [0.05, 0.1) is 0 Å². The third-order valence-corrected chi connectivity index (χ3v) is 3.83. The Morgan fingerprint density at radius 3 is 3.06 bits per heavy atom. The number of rotatable bonds is 1. The molecule has 3 nitrogen and oxygen atoms in total. The number of anilines is 1. The minimum Gasteiger partial charge on any atom is -0.480 e. The Morgan fingerprint density at radius 1 is 1.47 bits per heavy atom. The zero-order valence-corrected chi connectivity index (χ0v) is 9.82. The van der Waals surface area contributed by atoms with E-state index in [-0.39, 0.29) is 11.8 Å². The SMILES string of the molecule is O=C(O)[C@@H]1Nc2ccc(Cl)cc2[C@@H]2C=CC[C@H]12. The number of hydrogen-bond donors (Lipinski definition) is 2. The van der Waals surface area contributed by atoms with Gasteiger partial charge in [-0.3, -0.25) is 0 Å². The summed E-state index contributed by atoms with van der Waals surface area (Å²) in [6, 6.07) is 5.06. The van der Waals surface area contributed by atoms with Crippen molar-refractivity contribution >= 4 is 23.3 Å². The lowest BCUT2D eigenvalue weighted by molar-refractivity contribution is -0.139. The van der Waals surface area contributed by atoms with Crippen molar-refractivity contribution in [3.63, 3.8) is 0 Å². The summed E-state index contributed by atoms with van der Waals surface area (Å²) < 4.78 is 0. The van der Waals surface area contributed by atoms with Crippen LogP contribution < -0.4 is 5.32 Å². The molecule has 3 rings (SSSR count). The zero-order chi connectivity index (χ0) is 12.0. The van der Waals surface area contributed by atoms with Gasteiger partial charge >= 0.3 is 5.97 Å². The van der Waals surface area contributed by atoms with Crippen LogP contribution in [-0.2, 0) is 4.79 Å². The van der Waals surface area contributed by atoms with E-state index in [2.05, 4.69) is 17.5 Å². The van der Waals surface area contributed by atoms with Crippen LogP contribution in [0.4, 0.5) is 5.69 Å². The summed E-state index contributed by atoms with van der Waals surface area (Å²) in [4.78, 5) is 11.3. The van der Waals surface area contributed by atoms with E-state index < -0.39 is 12.0 Å². The number of halogens is 1. The standard InChI is InChI=1S/C13H12ClNO2/c14-7-4-5-11-10(6-7)8-2-1-3-9(8)12(15-11)13(16)17/h1-2,4-6,8-9,12,15H,3H2,(H,16,17)/t8-,9+,12-/m1/s1. The molecule has 1 heterocycles. The van der Waals surface area contributed by atoms with Gasteiger partial charge in [-0.05, 0) is 30.2 Å². The number of benzene rings is 1. The molecular weight excluding hydrogens is 238 g/mol. The Kier molecular flexibility index (Phi) is 2.37. The van der Waals surface area contributed by atoms with Crippen LogP contribution in [0.15, 0.2) is 30.4 Å². The van der Waals surface area contributed by atoms with E-state index in [1.54, 1.807) is 6.07 Å². The van der Waals surface area contributed by atoms with Crippen molar-refractivity contribution < 1.29 is 9.90 Å². The maximum atomic E-state index is 11.3.